The van der Waals surface area contributed by atoms with Crippen molar-refractivity contribution in [1.82, 2.24) is 4.90 Å². The Morgan fingerprint density at radius 2 is 2.04 bits per heavy atom. The minimum atomic E-state index is -0.665. The molecule has 0 unspecified atom stereocenters. The highest BCUT2D eigenvalue weighted by atomic mass is 16.6. The van der Waals surface area contributed by atoms with Crippen molar-refractivity contribution in [2.45, 2.75) is 13.3 Å². The molecular weight excluding hydrogens is 324 g/mol. The number of hydrogen-bond acceptors (Lipinski definition) is 6. The van der Waals surface area contributed by atoms with E-state index in [0.717, 1.165) is 5.56 Å². The summed E-state index contributed by atoms with van der Waals surface area (Å²) < 4.78 is 15.5. The second-order valence-electron chi connectivity index (χ2n) is 5.08. The third-order valence-electron chi connectivity index (χ3n) is 3.23. The molecule has 7 heteroatoms. The van der Waals surface area contributed by atoms with Crippen LogP contribution in [0.25, 0.3) is 6.08 Å². The quantitative estimate of drug-likeness (QED) is 0.636. The molecule has 0 radical (unpaired) electrons. The van der Waals surface area contributed by atoms with Crippen LogP contribution in [-0.2, 0) is 14.3 Å². The lowest BCUT2D eigenvalue weighted by atomic mass is 10.2. The third kappa shape index (κ3) is 6.96. The molecular formula is C18H22N2O5. The van der Waals surface area contributed by atoms with Gasteiger partial charge in [-0.1, -0.05) is 18.2 Å². The molecule has 0 saturated heterocycles. The fourth-order valence-corrected chi connectivity index (χ4v) is 1.87. The van der Waals surface area contributed by atoms with Crippen LogP contribution < -0.4 is 9.47 Å². The van der Waals surface area contributed by atoms with E-state index >= 15 is 0 Å². The van der Waals surface area contributed by atoms with Crippen molar-refractivity contribution < 1.29 is 23.8 Å². The highest BCUT2D eigenvalue weighted by molar-refractivity contribution is 5.80. The fourth-order valence-electron chi connectivity index (χ4n) is 1.87. The molecule has 1 amide bonds. The molecule has 0 aromatic heterocycles. The van der Waals surface area contributed by atoms with Gasteiger partial charge in [0.05, 0.1) is 19.6 Å². The lowest BCUT2D eigenvalue weighted by Gasteiger charge is -2.15. The van der Waals surface area contributed by atoms with E-state index < -0.39 is 5.97 Å². The number of rotatable bonds is 9. The molecule has 0 heterocycles. The van der Waals surface area contributed by atoms with Gasteiger partial charge >= 0.3 is 5.97 Å². The largest absolute Gasteiger partial charge is 0.493 e. The molecule has 25 heavy (non-hydrogen) atoms. The van der Waals surface area contributed by atoms with Gasteiger partial charge in [-0.25, -0.2) is 4.79 Å². The van der Waals surface area contributed by atoms with Gasteiger partial charge in [-0.2, -0.15) is 5.26 Å². The number of methoxy groups -OCH3 is 1. The molecule has 0 aliphatic rings. The van der Waals surface area contributed by atoms with Gasteiger partial charge in [-0.05, 0) is 24.6 Å². The van der Waals surface area contributed by atoms with Gasteiger partial charge in [-0.3, -0.25) is 4.79 Å². The smallest absolute Gasteiger partial charge is 0.344 e. The molecule has 0 aliphatic carbocycles. The Labute approximate surface area is 147 Å². The van der Waals surface area contributed by atoms with Gasteiger partial charge < -0.3 is 19.1 Å². The second kappa shape index (κ2) is 10.7. The van der Waals surface area contributed by atoms with Crippen molar-refractivity contribution in [3.05, 3.63) is 29.8 Å². The van der Waals surface area contributed by atoms with Crippen molar-refractivity contribution in [2.24, 2.45) is 0 Å². The number of ether oxygens (including phenoxy) is 3. The summed E-state index contributed by atoms with van der Waals surface area (Å²) in [4.78, 5) is 24.7. The van der Waals surface area contributed by atoms with Gasteiger partial charge in [0, 0.05) is 13.6 Å². The van der Waals surface area contributed by atoms with E-state index in [1.54, 1.807) is 19.2 Å². The zero-order valence-corrected chi connectivity index (χ0v) is 14.7. The molecule has 1 rings (SSSR count). The summed E-state index contributed by atoms with van der Waals surface area (Å²) in [5.74, 6) is -0.139. The van der Waals surface area contributed by atoms with Gasteiger partial charge in [0.1, 0.15) is 0 Å². The predicted octanol–water partition coefficient (Wildman–Crippen LogP) is 2.02. The topological polar surface area (TPSA) is 88.9 Å². The van der Waals surface area contributed by atoms with Crippen LogP contribution in [0.15, 0.2) is 24.3 Å². The van der Waals surface area contributed by atoms with Crippen molar-refractivity contribution >= 4 is 18.0 Å². The van der Waals surface area contributed by atoms with Crippen molar-refractivity contribution in [2.75, 3.05) is 33.9 Å². The zero-order chi connectivity index (χ0) is 18.7. The molecule has 0 saturated carbocycles. The summed E-state index contributed by atoms with van der Waals surface area (Å²) in [5, 5.41) is 8.48. The van der Waals surface area contributed by atoms with Crippen molar-refractivity contribution in [3.8, 4) is 17.6 Å². The monoisotopic (exact) mass is 346 g/mol. The summed E-state index contributed by atoms with van der Waals surface area (Å²) in [6, 6.07) is 7.25. The number of benzene rings is 1. The van der Waals surface area contributed by atoms with Gasteiger partial charge in [0.2, 0.25) is 0 Å². The summed E-state index contributed by atoms with van der Waals surface area (Å²) >= 11 is 0. The summed E-state index contributed by atoms with van der Waals surface area (Å²) in [6.45, 7) is 1.47. The number of hydrogen-bond donors (Lipinski definition) is 0. The fraction of sp³-hybridized carbons (Fsp3) is 0.389. The highest BCUT2D eigenvalue weighted by Gasteiger charge is 2.13. The highest BCUT2D eigenvalue weighted by Crippen LogP contribution is 2.28. The molecule has 1 aromatic carbocycles. The number of likely N-dealkylation sites (N-methyl/N-ethyl adjacent to an activating group) is 1. The summed E-state index contributed by atoms with van der Waals surface area (Å²) in [6.07, 6.45) is 4.04. The Hall–Kier alpha value is -3.01. The molecule has 0 N–H and O–H groups in total. The van der Waals surface area contributed by atoms with Gasteiger partial charge in [0.15, 0.2) is 24.7 Å². The van der Waals surface area contributed by atoms with Gasteiger partial charge in [0.25, 0.3) is 5.91 Å². The first-order valence-corrected chi connectivity index (χ1v) is 7.71. The van der Waals surface area contributed by atoms with Crippen LogP contribution in [0.4, 0.5) is 0 Å². The predicted molar refractivity (Wildman–Crippen MR) is 92.0 cm³/mol. The molecule has 7 nitrogen and oxygen atoms in total. The van der Waals surface area contributed by atoms with E-state index in [9.17, 15) is 9.59 Å². The minimum absolute atomic E-state index is 0.225. The first kappa shape index (κ1) is 20.0. The van der Waals surface area contributed by atoms with Crippen LogP contribution in [0.2, 0.25) is 0 Å². The van der Waals surface area contributed by atoms with E-state index in [4.69, 9.17) is 19.5 Å². The Morgan fingerprint density at radius 1 is 1.28 bits per heavy atom. The standard InChI is InChI=1S/C18H22N2O5/c1-4-6-14-7-8-15(16(11-14)23-3)24-13-18(22)25-12-17(21)20(2)10-5-9-19/h4,6-8,11H,5,10,12-13H2,1-3H3/b6-4+. The molecule has 0 fully saturated rings. The Balaban J connectivity index is 2.49. The Morgan fingerprint density at radius 3 is 2.68 bits per heavy atom. The first-order valence-electron chi connectivity index (χ1n) is 7.71. The second-order valence-corrected chi connectivity index (χ2v) is 5.08. The maximum Gasteiger partial charge on any atom is 0.344 e. The molecule has 0 aliphatic heterocycles. The molecule has 1 aromatic rings. The number of carbonyl (C=O) groups excluding carboxylic acids is 2. The molecule has 0 atom stereocenters. The Bertz CT molecular complexity index is 664. The number of nitrogens with zero attached hydrogens (tertiary/aromatic N) is 2. The van der Waals surface area contributed by atoms with Crippen LogP contribution in [0, 0.1) is 11.3 Å². The average molecular weight is 346 g/mol. The van der Waals surface area contributed by atoms with Crippen LogP contribution in [0.3, 0.4) is 0 Å². The SMILES string of the molecule is C/C=C/c1ccc(OCC(=O)OCC(=O)N(C)CCC#N)c(OC)c1. The van der Waals surface area contributed by atoms with E-state index in [0.29, 0.717) is 18.0 Å². The molecule has 134 valence electrons. The summed E-state index contributed by atoms with van der Waals surface area (Å²) in [7, 11) is 3.05. The maximum atomic E-state index is 11.7. The number of amides is 1. The van der Waals surface area contributed by atoms with Crippen molar-refractivity contribution in [3.63, 3.8) is 0 Å². The van der Waals surface area contributed by atoms with E-state index in [1.165, 1.54) is 12.0 Å². The van der Waals surface area contributed by atoms with Crippen molar-refractivity contribution in [1.29, 1.82) is 5.26 Å². The molecule has 0 spiro atoms. The third-order valence-corrected chi connectivity index (χ3v) is 3.23. The molecule has 0 bridgehead atoms. The van der Waals surface area contributed by atoms with Crippen LogP contribution in [0.5, 0.6) is 11.5 Å². The zero-order valence-electron chi connectivity index (χ0n) is 14.7. The average Bonchev–Trinajstić information content (AvgIpc) is 2.62. The number of allylic oxidation sites excluding steroid dienone is 1. The number of carbonyl (C=O) groups is 2. The lowest BCUT2D eigenvalue weighted by Crippen LogP contribution is -2.32. The minimum Gasteiger partial charge on any atom is -0.493 e. The number of esters is 1. The maximum absolute atomic E-state index is 11.7. The number of nitriles is 1. The normalized spacial score (nSPS) is 10.2. The van der Waals surface area contributed by atoms with Gasteiger partial charge in [-0.15, -0.1) is 0 Å². The Kier molecular flexibility index (Phi) is 8.58. The van der Waals surface area contributed by atoms with Crippen LogP contribution in [-0.4, -0.2) is 50.7 Å². The lowest BCUT2D eigenvalue weighted by molar-refractivity contribution is -0.153. The van der Waals surface area contributed by atoms with E-state index in [-0.39, 0.29) is 25.5 Å². The van der Waals surface area contributed by atoms with E-state index in [1.807, 2.05) is 31.2 Å². The summed E-state index contributed by atoms with van der Waals surface area (Å²) in [5.41, 5.74) is 0.945. The van der Waals surface area contributed by atoms with E-state index in [2.05, 4.69) is 0 Å². The van der Waals surface area contributed by atoms with Crippen LogP contribution in [0.1, 0.15) is 18.9 Å². The van der Waals surface area contributed by atoms with Crippen LogP contribution >= 0.6 is 0 Å². The first-order chi connectivity index (χ1) is 12.0.